The van der Waals surface area contributed by atoms with Gasteiger partial charge in [-0.1, -0.05) is 50.3 Å². The largest absolute Gasteiger partial charge is 0.549 e. The lowest BCUT2D eigenvalue weighted by atomic mass is 9.61. The van der Waals surface area contributed by atoms with Gasteiger partial charge in [-0.15, -0.1) is 18.3 Å². The average molecular weight is 408 g/mol. The first-order valence-electron chi connectivity index (χ1n) is 9.49. The molecule has 1 aromatic carbocycles. The standard InChI is InChI=1S/C23H24N2O3S/c1-4-10-23(14-24)20(15-8-6-5-7-9-15)19-16(11-22(2,3)12-17(19)26)25-21(23)29-13-18(27)28/h4-9,20H,1,10-13H2,2-3H3,(H,27,28)/p-1/t20-,23+/m0/s1. The van der Waals surface area contributed by atoms with E-state index in [1.807, 2.05) is 44.2 Å². The number of carbonyl (C=O) groups excluding carboxylic acids is 2. The van der Waals surface area contributed by atoms with Crippen molar-refractivity contribution in [3.05, 3.63) is 59.8 Å². The van der Waals surface area contributed by atoms with Crippen molar-refractivity contribution in [3.63, 3.8) is 0 Å². The molecule has 5 nitrogen and oxygen atoms in total. The maximum absolute atomic E-state index is 13.2. The van der Waals surface area contributed by atoms with Crippen LogP contribution in [0.25, 0.3) is 0 Å². The van der Waals surface area contributed by atoms with E-state index in [-0.39, 0.29) is 23.4 Å². The van der Waals surface area contributed by atoms with Crippen molar-refractivity contribution >= 4 is 28.6 Å². The number of carboxylic acids is 1. The molecule has 0 unspecified atom stereocenters. The Morgan fingerprint density at radius 1 is 1.38 bits per heavy atom. The van der Waals surface area contributed by atoms with Crippen LogP contribution >= 0.6 is 11.8 Å². The van der Waals surface area contributed by atoms with Crippen LogP contribution in [0.3, 0.4) is 0 Å². The van der Waals surface area contributed by atoms with E-state index in [2.05, 4.69) is 12.6 Å². The molecule has 1 aliphatic heterocycles. The number of carboxylic acid groups (broad SMARTS) is 1. The molecule has 3 rings (SSSR count). The summed E-state index contributed by atoms with van der Waals surface area (Å²) in [6.45, 7) is 7.85. The molecule has 0 spiro atoms. The number of aliphatic carboxylic acids is 1. The molecule has 2 atom stereocenters. The van der Waals surface area contributed by atoms with Gasteiger partial charge in [0.25, 0.3) is 0 Å². The highest BCUT2D eigenvalue weighted by molar-refractivity contribution is 8.14. The predicted molar refractivity (Wildman–Crippen MR) is 112 cm³/mol. The number of hydrogen-bond donors (Lipinski definition) is 0. The lowest BCUT2D eigenvalue weighted by Crippen LogP contribution is -2.43. The van der Waals surface area contributed by atoms with Crippen LogP contribution in [-0.2, 0) is 9.59 Å². The van der Waals surface area contributed by atoms with Gasteiger partial charge in [-0.25, -0.2) is 4.99 Å². The molecule has 1 heterocycles. The molecule has 29 heavy (non-hydrogen) atoms. The van der Waals surface area contributed by atoms with Gasteiger partial charge < -0.3 is 9.90 Å². The van der Waals surface area contributed by atoms with Crippen molar-refractivity contribution in [3.8, 4) is 6.07 Å². The Balaban J connectivity index is 2.28. The third kappa shape index (κ3) is 3.92. The number of hydrogen-bond acceptors (Lipinski definition) is 6. The lowest BCUT2D eigenvalue weighted by molar-refractivity contribution is -0.301. The molecule has 0 bridgehead atoms. The Kier molecular flexibility index (Phi) is 5.81. The van der Waals surface area contributed by atoms with Gasteiger partial charge >= 0.3 is 0 Å². The van der Waals surface area contributed by atoms with E-state index >= 15 is 0 Å². The Morgan fingerprint density at radius 2 is 2.07 bits per heavy atom. The quantitative estimate of drug-likeness (QED) is 0.698. The van der Waals surface area contributed by atoms with Crippen LogP contribution in [-0.4, -0.2) is 22.5 Å². The zero-order valence-electron chi connectivity index (χ0n) is 16.6. The van der Waals surface area contributed by atoms with E-state index in [1.54, 1.807) is 6.08 Å². The summed E-state index contributed by atoms with van der Waals surface area (Å²) in [5.74, 6) is -2.05. The molecule has 0 aromatic heterocycles. The summed E-state index contributed by atoms with van der Waals surface area (Å²) in [6.07, 6.45) is 2.89. The van der Waals surface area contributed by atoms with Crippen molar-refractivity contribution in [1.82, 2.24) is 0 Å². The fraction of sp³-hybridized carbons (Fsp3) is 0.391. The lowest BCUT2D eigenvalue weighted by Gasteiger charge is -2.44. The maximum atomic E-state index is 13.2. The number of nitrogens with zero attached hydrogens (tertiary/aromatic N) is 2. The van der Waals surface area contributed by atoms with Gasteiger partial charge in [0, 0.05) is 29.4 Å². The van der Waals surface area contributed by atoms with E-state index in [0.717, 1.165) is 17.3 Å². The fourth-order valence-corrected chi connectivity index (χ4v) is 5.23. The molecule has 1 aromatic rings. The van der Waals surface area contributed by atoms with Crippen LogP contribution in [0, 0.1) is 22.2 Å². The van der Waals surface area contributed by atoms with E-state index in [1.165, 1.54) is 0 Å². The van der Waals surface area contributed by atoms with Gasteiger partial charge in [-0.05, 0) is 23.8 Å². The number of rotatable bonds is 5. The molecule has 0 amide bonds. The summed E-state index contributed by atoms with van der Waals surface area (Å²) in [5.41, 5.74) is 0.667. The second-order valence-corrected chi connectivity index (χ2v) is 9.26. The second kappa shape index (κ2) is 8.00. The normalized spacial score (nSPS) is 25.6. The van der Waals surface area contributed by atoms with Crippen LogP contribution in [0.2, 0.25) is 0 Å². The number of nitriles is 1. The SMILES string of the molecule is C=CC[C@]1(C#N)C(SCC(=O)[O-])=NC2=C(C(=O)CC(C)(C)C2)[C@@H]1c1ccccc1. The van der Waals surface area contributed by atoms with Crippen LogP contribution in [0.5, 0.6) is 0 Å². The first-order valence-corrected chi connectivity index (χ1v) is 10.5. The average Bonchev–Trinajstić information content (AvgIpc) is 2.66. The zero-order chi connectivity index (χ0) is 21.2. The minimum absolute atomic E-state index is 0.00138. The summed E-state index contributed by atoms with van der Waals surface area (Å²) >= 11 is 1.00. The van der Waals surface area contributed by atoms with Crippen molar-refractivity contribution in [2.45, 2.75) is 39.0 Å². The Labute approximate surface area is 175 Å². The molecule has 2 aliphatic rings. The first-order chi connectivity index (χ1) is 13.7. The van der Waals surface area contributed by atoms with Crippen LogP contribution in [0.1, 0.15) is 44.6 Å². The maximum Gasteiger partial charge on any atom is 0.161 e. The molecular weight excluding hydrogens is 384 g/mol. The smallest absolute Gasteiger partial charge is 0.161 e. The fourth-order valence-electron chi connectivity index (χ4n) is 4.30. The van der Waals surface area contributed by atoms with Crippen LogP contribution < -0.4 is 5.11 Å². The van der Waals surface area contributed by atoms with Crippen molar-refractivity contribution < 1.29 is 14.7 Å². The summed E-state index contributed by atoms with van der Waals surface area (Å²) in [6, 6.07) is 11.8. The zero-order valence-corrected chi connectivity index (χ0v) is 17.4. The van der Waals surface area contributed by atoms with Gasteiger partial charge in [0.2, 0.25) is 0 Å². The summed E-state index contributed by atoms with van der Waals surface area (Å²) in [7, 11) is 0. The number of ketones is 1. The van der Waals surface area contributed by atoms with Crippen LogP contribution in [0.15, 0.2) is 59.2 Å². The third-order valence-electron chi connectivity index (χ3n) is 5.42. The van der Waals surface area contributed by atoms with Gasteiger partial charge in [0.15, 0.2) is 5.78 Å². The van der Waals surface area contributed by atoms with Gasteiger partial charge in [0.1, 0.15) is 5.41 Å². The number of carbonyl (C=O) groups is 2. The molecule has 150 valence electrons. The molecular formula is C23H23N2O3S-. The first kappa shape index (κ1) is 21.1. The van der Waals surface area contributed by atoms with Crippen molar-refractivity contribution in [1.29, 1.82) is 5.26 Å². The number of allylic oxidation sites excluding steroid dienone is 3. The molecule has 1 aliphatic carbocycles. The monoisotopic (exact) mass is 407 g/mol. The Bertz CT molecular complexity index is 956. The van der Waals surface area contributed by atoms with E-state index in [9.17, 15) is 20.0 Å². The minimum Gasteiger partial charge on any atom is -0.549 e. The minimum atomic E-state index is -1.22. The Hall–Kier alpha value is -2.65. The molecule has 0 saturated heterocycles. The second-order valence-electron chi connectivity index (χ2n) is 8.30. The summed E-state index contributed by atoms with van der Waals surface area (Å²) < 4.78 is 0. The number of Topliss-reactive ketones (excluding diaryl/α,β-unsaturated/α-hetero) is 1. The third-order valence-corrected chi connectivity index (χ3v) is 6.53. The molecule has 6 heteroatoms. The number of thioether (sulfide) groups is 1. The van der Waals surface area contributed by atoms with Crippen LogP contribution in [0.4, 0.5) is 0 Å². The van der Waals surface area contributed by atoms with E-state index < -0.39 is 17.3 Å². The van der Waals surface area contributed by atoms with Gasteiger partial charge in [0.05, 0.1) is 17.1 Å². The molecule has 0 radical (unpaired) electrons. The Morgan fingerprint density at radius 3 is 2.66 bits per heavy atom. The summed E-state index contributed by atoms with van der Waals surface area (Å²) in [4.78, 5) is 29.1. The van der Waals surface area contributed by atoms with Crippen molar-refractivity contribution in [2.24, 2.45) is 15.8 Å². The van der Waals surface area contributed by atoms with Crippen molar-refractivity contribution in [2.75, 3.05) is 5.75 Å². The molecule has 0 saturated carbocycles. The van der Waals surface area contributed by atoms with E-state index in [0.29, 0.717) is 29.2 Å². The highest BCUT2D eigenvalue weighted by Gasteiger charge is 2.52. The highest BCUT2D eigenvalue weighted by Crippen LogP contribution is 2.55. The molecule has 0 N–H and O–H groups in total. The van der Waals surface area contributed by atoms with Gasteiger partial charge in [-0.3, -0.25) is 4.79 Å². The predicted octanol–water partition coefficient (Wildman–Crippen LogP) is 3.39. The van der Waals surface area contributed by atoms with E-state index in [4.69, 9.17) is 4.99 Å². The number of benzene rings is 1. The highest BCUT2D eigenvalue weighted by atomic mass is 32.2. The van der Waals surface area contributed by atoms with Gasteiger partial charge in [-0.2, -0.15) is 5.26 Å². The molecule has 0 fully saturated rings. The number of aliphatic imine (C=N–C) groups is 1. The summed E-state index contributed by atoms with van der Waals surface area (Å²) in [5, 5.41) is 21.9. The topological polar surface area (TPSA) is 93.3 Å².